The molecule has 0 aromatic heterocycles. The molecule has 0 saturated carbocycles. The van der Waals surface area contributed by atoms with Gasteiger partial charge in [-0.05, 0) is 39.3 Å². The molecule has 2 saturated heterocycles. The van der Waals surface area contributed by atoms with Crippen molar-refractivity contribution in [2.24, 2.45) is 0 Å². The number of piperidine rings is 2. The third-order valence-electron chi connectivity index (χ3n) is 4.48. The van der Waals surface area contributed by atoms with Crippen LogP contribution in [0, 0.1) is 0 Å². The van der Waals surface area contributed by atoms with E-state index in [2.05, 4.69) is 22.0 Å². The molecule has 2 rings (SSSR count). The van der Waals surface area contributed by atoms with Gasteiger partial charge < -0.3 is 10.2 Å². The lowest BCUT2D eigenvalue weighted by Gasteiger charge is -2.47. The number of hydrogen-bond acceptors (Lipinski definition) is 4. The standard InChI is InChI=1S/C13H27N3O2S/c1-3-14-7-8-19(17,18)15-11-9-12-5-4-6-13(10-11)16(12)2/h11-15H,3-10H2,1-2H3. The summed E-state index contributed by atoms with van der Waals surface area (Å²) < 4.78 is 26.9. The Morgan fingerprint density at radius 1 is 1.21 bits per heavy atom. The molecular weight excluding hydrogens is 262 g/mol. The van der Waals surface area contributed by atoms with Crippen LogP contribution in [0.15, 0.2) is 0 Å². The first-order valence-electron chi connectivity index (χ1n) is 7.44. The van der Waals surface area contributed by atoms with Crippen LogP contribution in [0.1, 0.15) is 39.0 Å². The zero-order valence-corrected chi connectivity index (χ0v) is 12.9. The van der Waals surface area contributed by atoms with Gasteiger partial charge in [0.15, 0.2) is 0 Å². The Morgan fingerprint density at radius 3 is 2.42 bits per heavy atom. The van der Waals surface area contributed by atoms with Crippen molar-refractivity contribution in [1.29, 1.82) is 0 Å². The van der Waals surface area contributed by atoms with E-state index in [1.165, 1.54) is 19.3 Å². The SMILES string of the molecule is CCNCCS(=O)(=O)NC1CC2CCCC(C1)N2C. The highest BCUT2D eigenvalue weighted by molar-refractivity contribution is 7.89. The molecule has 2 aliphatic heterocycles. The summed E-state index contributed by atoms with van der Waals surface area (Å²) in [6.45, 7) is 3.33. The Kier molecular flexibility index (Phi) is 5.22. The van der Waals surface area contributed by atoms with Gasteiger partial charge in [-0.25, -0.2) is 13.1 Å². The Hall–Kier alpha value is -0.170. The Morgan fingerprint density at radius 2 is 1.84 bits per heavy atom. The zero-order valence-electron chi connectivity index (χ0n) is 12.1. The van der Waals surface area contributed by atoms with Crippen LogP contribution >= 0.6 is 0 Å². The maximum Gasteiger partial charge on any atom is 0.213 e. The van der Waals surface area contributed by atoms with Crippen LogP contribution in [0.3, 0.4) is 0 Å². The molecule has 0 aliphatic carbocycles. The van der Waals surface area contributed by atoms with E-state index in [4.69, 9.17) is 0 Å². The van der Waals surface area contributed by atoms with E-state index >= 15 is 0 Å². The smallest absolute Gasteiger partial charge is 0.213 e. The van der Waals surface area contributed by atoms with Crippen molar-refractivity contribution < 1.29 is 8.42 Å². The lowest BCUT2D eigenvalue weighted by molar-refractivity contribution is 0.0536. The first-order valence-corrected chi connectivity index (χ1v) is 9.09. The summed E-state index contributed by atoms with van der Waals surface area (Å²) in [7, 11) is -0.948. The topological polar surface area (TPSA) is 61.4 Å². The summed E-state index contributed by atoms with van der Waals surface area (Å²) in [6, 6.07) is 1.26. The van der Waals surface area contributed by atoms with Crippen LogP contribution in [-0.2, 0) is 10.0 Å². The summed E-state index contributed by atoms with van der Waals surface area (Å²) >= 11 is 0. The zero-order chi connectivity index (χ0) is 13.9. The molecule has 2 bridgehead atoms. The highest BCUT2D eigenvalue weighted by atomic mass is 32.2. The Balaban J connectivity index is 1.86. The van der Waals surface area contributed by atoms with Crippen LogP contribution in [0.2, 0.25) is 0 Å². The molecule has 0 amide bonds. The maximum atomic E-state index is 12.0. The van der Waals surface area contributed by atoms with Crippen LogP contribution in [0.25, 0.3) is 0 Å². The van der Waals surface area contributed by atoms with E-state index in [1.54, 1.807) is 0 Å². The minimum absolute atomic E-state index is 0.137. The van der Waals surface area contributed by atoms with Gasteiger partial charge in [-0.15, -0.1) is 0 Å². The largest absolute Gasteiger partial charge is 0.316 e. The van der Waals surface area contributed by atoms with Gasteiger partial charge in [0.2, 0.25) is 10.0 Å². The average molecular weight is 289 g/mol. The van der Waals surface area contributed by atoms with Gasteiger partial charge in [0, 0.05) is 24.7 Å². The molecule has 112 valence electrons. The van der Waals surface area contributed by atoms with E-state index in [0.29, 0.717) is 18.6 Å². The van der Waals surface area contributed by atoms with Gasteiger partial charge in [0.25, 0.3) is 0 Å². The predicted octanol–water partition coefficient (Wildman–Crippen LogP) is 0.531. The van der Waals surface area contributed by atoms with Crippen LogP contribution in [-0.4, -0.2) is 57.3 Å². The molecule has 0 spiro atoms. The molecule has 2 N–H and O–H groups in total. The number of rotatable bonds is 6. The van der Waals surface area contributed by atoms with Crippen LogP contribution in [0.4, 0.5) is 0 Å². The molecule has 6 heteroatoms. The van der Waals surface area contributed by atoms with Crippen molar-refractivity contribution >= 4 is 10.0 Å². The molecule has 0 radical (unpaired) electrons. The van der Waals surface area contributed by atoms with Crippen molar-refractivity contribution in [3.8, 4) is 0 Å². The number of sulfonamides is 1. The second kappa shape index (κ2) is 6.52. The normalized spacial score (nSPS) is 32.4. The number of hydrogen-bond donors (Lipinski definition) is 2. The van der Waals surface area contributed by atoms with Crippen molar-refractivity contribution in [3.63, 3.8) is 0 Å². The van der Waals surface area contributed by atoms with E-state index in [9.17, 15) is 8.42 Å². The molecule has 19 heavy (non-hydrogen) atoms. The second-order valence-electron chi connectivity index (χ2n) is 5.86. The fraction of sp³-hybridized carbons (Fsp3) is 1.00. The molecule has 5 nitrogen and oxygen atoms in total. The Labute approximate surface area is 117 Å². The molecule has 2 aliphatic rings. The van der Waals surface area contributed by atoms with Crippen molar-refractivity contribution in [3.05, 3.63) is 0 Å². The van der Waals surface area contributed by atoms with Crippen molar-refractivity contribution in [2.75, 3.05) is 25.9 Å². The van der Waals surface area contributed by atoms with Crippen LogP contribution < -0.4 is 10.0 Å². The second-order valence-corrected chi connectivity index (χ2v) is 7.74. The number of nitrogens with zero attached hydrogens (tertiary/aromatic N) is 1. The van der Waals surface area contributed by atoms with Crippen molar-refractivity contribution in [1.82, 2.24) is 14.9 Å². The first kappa shape index (κ1) is 15.2. The molecule has 2 heterocycles. The van der Waals surface area contributed by atoms with E-state index in [-0.39, 0.29) is 11.8 Å². The van der Waals surface area contributed by atoms with E-state index < -0.39 is 10.0 Å². The van der Waals surface area contributed by atoms with Gasteiger partial charge in [-0.1, -0.05) is 13.3 Å². The summed E-state index contributed by atoms with van der Waals surface area (Å²) in [6.07, 6.45) is 5.64. The third kappa shape index (κ3) is 4.15. The molecular formula is C13H27N3O2S. The van der Waals surface area contributed by atoms with Gasteiger partial charge in [-0.2, -0.15) is 0 Å². The maximum absolute atomic E-state index is 12.0. The quantitative estimate of drug-likeness (QED) is 0.700. The fourth-order valence-electron chi connectivity index (χ4n) is 3.41. The first-order chi connectivity index (χ1) is 9.02. The predicted molar refractivity (Wildman–Crippen MR) is 77.7 cm³/mol. The molecule has 2 fully saturated rings. The third-order valence-corrected chi connectivity index (χ3v) is 5.92. The summed E-state index contributed by atoms with van der Waals surface area (Å²) in [4.78, 5) is 2.45. The summed E-state index contributed by atoms with van der Waals surface area (Å²) in [5.74, 6) is 0.183. The summed E-state index contributed by atoms with van der Waals surface area (Å²) in [5.41, 5.74) is 0. The number of nitrogens with one attached hydrogen (secondary N) is 2. The minimum Gasteiger partial charge on any atom is -0.316 e. The lowest BCUT2D eigenvalue weighted by Crippen LogP contribution is -2.55. The van der Waals surface area contributed by atoms with Gasteiger partial charge >= 0.3 is 0 Å². The van der Waals surface area contributed by atoms with Gasteiger partial charge in [0.05, 0.1) is 5.75 Å². The molecule has 0 aromatic rings. The van der Waals surface area contributed by atoms with E-state index in [1.807, 2.05) is 6.92 Å². The molecule has 2 atom stereocenters. The Bertz CT molecular complexity index is 371. The minimum atomic E-state index is -3.13. The van der Waals surface area contributed by atoms with Gasteiger partial charge in [0.1, 0.15) is 0 Å². The van der Waals surface area contributed by atoms with Crippen molar-refractivity contribution in [2.45, 2.75) is 57.2 Å². The van der Waals surface area contributed by atoms with Gasteiger partial charge in [-0.3, -0.25) is 0 Å². The highest BCUT2D eigenvalue weighted by Gasteiger charge is 2.37. The number of fused-ring (bicyclic) bond motifs is 2. The van der Waals surface area contributed by atoms with E-state index in [0.717, 1.165) is 19.4 Å². The average Bonchev–Trinajstić information content (AvgIpc) is 2.30. The molecule has 0 aromatic carbocycles. The fourth-order valence-corrected chi connectivity index (χ4v) is 4.64. The lowest BCUT2D eigenvalue weighted by atomic mass is 9.83. The highest BCUT2D eigenvalue weighted by Crippen LogP contribution is 2.32. The van der Waals surface area contributed by atoms with Crippen LogP contribution in [0.5, 0.6) is 0 Å². The molecule has 2 unspecified atom stereocenters. The monoisotopic (exact) mass is 289 g/mol. The summed E-state index contributed by atoms with van der Waals surface area (Å²) in [5, 5.41) is 3.06.